The molecule has 0 unspecified atom stereocenters. The third-order valence-corrected chi connectivity index (χ3v) is 3.39. The SMILES string of the molecule is Nc1cc2c(c(S(=O)(=O)O)c1)CCC2. The predicted molar refractivity (Wildman–Crippen MR) is 52.7 cm³/mol. The van der Waals surface area contributed by atoms with Crippen molar-refractivity contribution in [1.82, 2.24) is 0 Å². The van der Waals surface area contributed by atoms with E-state index >= 15 is 0 Å². The molecular weight excluding hydrogens is 202 g/mol. The maximum Gasteiger partial charge on any atom is 0.294 e. The largest absolute Gasteiger partial charge is 0.399 e. The van der Waals surface area contributed by atoms with Crippen molar-refractivity contribution in [3.05, 3.63) is 23.3 Å². The molecule has 1 aromatic rings. The first-order valence-electron chi connectivity index (χ1n) is 4.37. The Morgan fingerprint density at radius 1 is 1.29 bits per heavy atom. The highest BCUT2D eigenvalue weighted by Crippen LogP contribution is 2.30. The summed E-state index contributed by atoms with van der Waals surface area (Å²) in [5.41, 5.74) is 7.61. The zero-order valence-electron chi connectivity index (χ0n) is 7.53. The summed E-state index contributed by atoms with van der Waals surface area (Å²) >= 11 is 0. The normalized spacial score (nSPS) is 15.5. The summed E-state index contributed by atoms with van der Waals surface area (Å²) < 4.78 is 31.1. The van der Waals surface area contributed by atoms with E-state index in [1.807, 2.05) is 0 Å². The molecule has 0 aromatic heterocycles. The van der Waals surface area contributed by atoms with Crippen molar-refractivity contribution in [2.45, 2.75) is 24.2 Å². The Morgan fingerprint density at radius 2 is 2.00 bits per heavy atom. The Hall–Kier alpha value is -1.07. The van der Waals surface area contributed by atoms with E-state index in [1.165, 1.54) is 6.07 Å². The van der Waals surface area contributed by atoms with Crippen LogP contribution < -0.4 is 5.73 Å². The molecule has 1 aromatic carbocycles. The van der Waals surface area contributed by atoms with Crippen molar-refractivity contribution in [1.29, 1.82) is 0 Å². The van der Waals surface area contributed by atoms with Crippen molar-refractivity contribution < 1.29 is 13.0 Å². The third kappa shape index (κ3) is 1.49. The van der Waals surface area contributed by atoms with E-state index in [1.54, 1.807) is 6.07 Å². The third-order valence-electron chi connectivity index (χ3n) is 2.47. The van der Waals surface area contributed by atoms with Crippen LogP contribution in [0.15, 0.2) is 17.0 Å². The van der Waals surface area contributed by atoms with Crippen LogP contribution in [0, 0.1) is 0 Å². The molecule has 4 nitrogen and oxygen atoms in total. The van der Waals surface area contributed by atoms with Gasteiger partial charge in [-0.05, 0) is 42.5 Å². The van der Waals surface area contributed by atoms with Gasteiger partial charge in [0.05, 0.1) is 4.90 Å². The first-order chi connectivity index (χ1) is 6.48. The number of hydrogen-bond acceptors (Lipinski definition) is 3. The van der Waals surface area contributed by atoms with Crippen molar-refractivity contribution in [2.24, 2.45) is 0 Å². The Morgan fingerprint density at radius 3 is 2.64 bits per heavy atom. The standard InChI is InChI=1S/C9H11NO3S/c10-7-4-6-2-1-3-8(6)9(5-7)14(11,12)13/h4-5H,1-3,10H2,(H,11,12,13). The minimum atomic E-state index is -4.13. The fourth-order valence-corrected chi connectivity index (χ4v) is 2.75. The van der Waals surface area contributed by atoms with Gasteiger partial charge in [-0.15, -0.1) is 0 Å². The van der Waals surface area contributed by atoms with Crippen LogP contribution in [0.1, 0.15) is 17.5 Å². The Balaban J connectivity index is 2.72. The molecule has 2 rings (SSSR count). The smallest absolute Gasteiger partial charge is 0.294 e. The first kappa shape index (κ1) is 9.48. The monoisotopic (exact) mass is 213 g/mol. The lowest BCUT2D eigenvalue weighted by molar-refractivity contribution is 0.482. The van der Waals surface area contributed by atoms with Gasteiger partial charge < -0.3 is 5.73 Å². The molecule has 0 fully saturated rings. The first-order valence-corrected chi connectivity index (χ1v) is 5.81. The van der Waals surface area contributed by atoms with Crippen LogP contribution in [0.2, 0.25) is 0 Å². The summed E-state index contributed by atoms with van der Waals surface area (Å²) in [6, 6.07) is 3.09. The number of nitrogens with two attached hydrogens (primary N) is 1. The zero-order valence-corrected chi connectivity index (χ0v) is 8.34. The quantitative estimate of drug-likeness (QED) is 0.538. The number of nitrogen functional groups attached to an aromatic ring is 1. The van der Waals surface area contributed by atoms with Gasteiger partial charge in [-0.1, -0.05) is 0 Å². The molecule has 0 heterocycles. The van der Waals surface area contributed by atoms with Crippen molar-refractivity contribution in [3.8, 4) is 0 Å². The molecule has 1 aliphatic rings. The van der Waals surface area contributed by atoms with Crippen LogP contribution in [-0.4, -0.2) is 13.0 Å². The molecule has 3 N–H and O–H groups in total. The van der Waals surface area contributed by atoms with Crippen LogP contribution in [-0.2, 0) is 23.0 Å². The lowest BCUT2D eigenvalue weighted by Gasteiger charge is -2.06. The fourth-order valence-electron chi connectivity index (χ4n) is 1.92. The summed E-state index contributed by atoms with van der Waals surface area (Å²) in [7, 11) is -4.13. The van der Waals surface area contributed by atoms with Gasteiger partial charge in [0.15, 0.2) is 0 Å². The van der Waals surface area contributed by atoms with E-state index < -0.39 is 10.1 Å². The van der Waals surface area contributed by atoms with E-state index in [2.05, 4.69) is 0 Å². The fraction of sp³-hybridized carbons (Fsp3) is 0.333. The highest BCUT2D eigenvalue weighted by Gasteiger charge is 2.22. The molecule has 0 bridgehead atoms. The van der Waals surface area contributed by atoms with Crippen LogP contribution in [0.3, 0.4) is 0 Å². The number of fused-ring (bicyclic) bond motifs is 1. The van der Waals surface area contributed by atoms with E-state index in [-0.39, 0.29) is 4.90 Å². The highest BCUT2D eigenvalue weighted by atomic mass is 32.2. The summed E-state index contributed by atoms with van der Waals surface area (Å²) in [4.78, 5) is -0.0231. The van der Waals surface area contributed by atoms with Crippen LogP contribution >= 0.6 is 0 Å². The number of benzene rings is 1. The topological polar surface area (TPSA) is 80.4 Å². The van der Waals surface area contributed by atoms with Crippen molar-refractivity contribution in [3.63, 3.8) is 0 Å². The minimum absolute atomic E-state index is 0.0231. The van der Waals surface area contributed by atoms with Gasteiger partial charge in [0, 0.05) is 5.69 Å². The van der Waals surface area contributed by atoms with Gasteiger partial charge in [0.25, 0.3) is 10.1 Å². The molecule has 76 valence electrons. The molecule has 5 heteroatoms. The maximum absolute atomic E-state index is 11.0. The van der Waals surface area contributed by atoms with E-state index in [0.29, 0.717) is 12.1 Å². The van der Waals surface area contributed by atoms with Gasteiger partial charge in [-0.25, -0.2) is 0 Å². The second-order valence-electron chi connectivity index (χ2n) is 3.49. The predicted octanol–water partition coefficient (Wildman–Crippen LogP) is 1.00. The van der Waals surface area contributed by atoms with Crippen molar-refractivity contribution >= 4 is 15.8 Å². The summed E-state index contributed by atoms with van der Waals surface area (Å²) in [5.74, 6) is 0. The zero-order chi connectivity index (χ0) is 10.3. The number of aryl methyl sites for hydroxylation is 1. The second kappa shape index (κ2) is 2.96. The molecule has 0 atom stereocenters. The number of hydrogen-bond donors (Lipinski definition) is 2. The van der Waals surface area contributed by atoms with Gasteiger partial charge in [-0.3, -0.25) is 4.55 Å². The average molecular weight is 213 g/mol. The molecule has 0 spiro atoms. The summed E-state index contributed by atoms with van der Waals surface area (Å²) in [6.45, 7) is 0. The lowest BCUT2D eigenvalue weighted by Crippen LogP contribution is -2.04. The van der Waals surface area contributed by atoms with Gasteiger partial charge in [-0.2, -0.15) is 8.42 Å². The molecular formula is C9H11NO3S. The lowest BCUT2D eigenvalue weighted by atomic mass is 10.1. The summed E-state index contributed by atoms with van der Waals surface area (Å²) in [6.07, 6.45) is 2.45. The van der Waals surface area contributed by atoms with Gasteiger partial charge in [0.2, 0.25) is 0 Å². The van der Waals surface area contributed by atoms with Gasteiger partial charge in [0.1, 0.15) is 0 Å². The Kier molecular flexibility index (Phi) is 2.01. The van der Waals surface area contributed by atoms with Crippen LogP contribution in [0.25, 0.3) is 0 Å². The van der Waals surface area contributed by atoms with Crippen LogP contribution in [0.4, 0.5) is 5.69 Å². The van der Waals surface area contributed by atoms with Crippen molar-refractivity contribution in [2.75, 3.05) is 5.73 Å². The molecule has 14 heavy (non-hydrogen) atoms. The molecule has 0 radical (unpaired) electrons. The molecule has 0 amide bonds. The van der Waals surface area contributed by atoms with E-state index in [4.69, 9.17) is 10.3 Å². The maximum atomic E-state index is 11.0. The molecule has 1 aliphatic carbocycles. The molecule has 0 saturated carbocycles. The van der Waals surface area contributed by atoms with E-state index in [0.717, 1.165) is 24.0 Å². The molecule has 0 aliphatic heterocycles. The second-order valence-corrected chi connectivity index (χ2v) is 4.88. The van der Waals surface area contributed by atoms with E-state index in [9.17, 15) is 8.42 Å². The highest BCUT2D eigenvalue weighted by molar-refractivity contribution is 7.85. The van der Waals surface area contributed by atoms with Gasteiger partial charge >= 0.3 is 0 Å². The minimum Gasteiger partial charge on any atom is -0.399 e. The summed E-state index contributed by atoms with van der Waals surface area (Å²) in [5, 5.41) is 0. The Labute approximate surface area is 82.5 Å². The van der Waals surface area contributed by atoms with Crippen LogP contribution in [0.5, 0.6) is 0 Å². The average Bonchev–Trinajstić information content (AvgIpc) is 2.47. The molecule has 0 saturated heterocycles. The number of anilines is 1. The Bertz CT molecular complexity index is 479. The number of rotatable bonds is 1.